The molecule has 2 aliphatic rings. The van der Waals surface area contributed by atoms with Gasteiger partial charge in [0.2, 0.25) is 0 Å². The second kappa shape index (κ2) is 7.09. The minimum absolute atomic E-state index is 0.275. The quantitative estimate of drug-likeness (QED) is 0.553. The predicted molar refractivity (Wildman–Crippen MR) is 98.6 cm³/mol. The van der Waals surface area contributed by atoms with Crippen LogP contribution in [0.5, 0.6) is 0 Å². The van der Waals surface area contributed by atoms with Crippen LogP contribution in [0.4, 0.5) is 13.2 Å². The van der Waals surface area contributed by atoms with E-state index in [9.17, 15) is 8.78 Å². The van der Waals surface area contributed by atoms with Gasteiger partial charge in [0, 0.05) is 11.6 Å². The average Bonchev–Trinajstić information content (AvgIpc) is 2.61. The van der Waals surface area contributed by atoms with Crippen LogP contribution in [0, 0.1) is 29.3 Å². The first kappa shape index (κ1) is 17.6. The van der Waals surface area contributed by atoms with Gasteiger partial charge in [-0.1, -0.05) is 31.9 Å². The molecule has 2 aromatic rings. The third kappa shape index (κ3) is 3.17. The molecule has 138 valence electrons. The van der Waals surface area contributed by atoms with Crippen molar-refractivity contribution in [1.82, 2.24) is 0 Å². The Hall–Kier alpha value is -1.77. The van der Waals surface area contributed by atoms with Gasteiger partial charge in [-0.3, -0.25) is 0 Å². The number of rotatable bonds is 3. The van der Waals surface area contributed by atoms with E-state index < -0.39 is 11.6 Å². The maximum absolute atomic E-state index is 15.2. The number of fused-ring (bicyclic) bond motifs is 3. The average molecular weight is 358 g/mol. The molecule has 3 atom stereocenters. The number of halogens is 3. The van der Waals surface area contributed by atoms with Crippen molar-refractivity contribution in [3.8, 4) is 11.1 Å². The largest absolute Gasteiger partial charge is 0.207 e. The van der Waals surface area contributed by atoms with Crippen LogP contribution in [0.3, 0.4) is 0 Å². The second-order valence-electron chi connectivity index (χ2n) is 8.03. The van der Waals surface area contributed by atoms with Gasteiger partial charge < -0.3 is 0 Å². The summed E-state index contributed by atoms with van der Waals surface area (Å²) in [7, 11) is 0. The van der Waals surface area contributed by atoms with E-state index in [-0.39, 0.29) is 11.4 Å². The van der Waals surface area contributed by atoms with E-state index in [0.717, 1.165) is 42.4 Å². The third-order valence-corrected chi connectivity index (χ3v) is 6.41. The molecular formula is C23H25F3. The van der Waals surface area contributed by atoms with E-state index in [1.54, 1.807) is 6.07 Å². The van der Waals surface area contributed by atoms with Crippen LogP contribution >= 0.6 is 0 Å². The fourth-order valence-corrected chi connectivity index (χ4v) is 5.26. The molecule has 0 saturated heterocycles. The molecule has 2 aromatic carbocycles. The van der Waals surface area contributed by atoms with E-state index in [2.05, 4.69) is 6.92 Å². The van der Waals surface area contributed by atoms with Crippen molar-refractivity contribution >= 4 is 0 Å². The molecule has 0 nitrogen and oxygen atoms in total. The van der Waals surface area contributed by atoms with Crippen molar-refractivity contribution < 1.29 is 13.2 Å². The lowest BCUT2D eigenvalue weighted by atomic mass is 9.64. The smallest absolute Gasteiger partial charge is 0.134 e. The maximum Gasteiger partial charge on any atom is 0.134 e. The summed E-state index contributed by atoms with van der Waals surface area (Å²) >= 11 is 0. The van der Waals surface area contributed by atoms with Gasteiger partial charge in [0.15, 0.2) is 0 Å². The monoisotopic (exact) mass is 358 g/mol. The Kier molecular flexibility index (Phi) is 4.81. The van der Waals surface area contributed by atoms with Crippen molar-refractivity contribution in [3.63, 3.8) is 0 Å². The van der Waals surface area contributed by atoms with Crippen molar-refractivity contribution in [1.29, 1.82) is 0 Å². The topological polar surface area (TPSA) is 0 Å². The Morgan fingerprint density at radius 2 is 1.73 bits per heavy atom. The molecule has 0 bridgehead atoms. The minimum atomic E-state index is -0.675. The van der Waals surface area contributed by atoms with Crippen LogP contribution in [0.2, 0.25) is 0 Å². The highest BCUT2D eigenvalue weighted by Gasteiger charge is 2.36. The summed E-state index contributed by atoms with van der Waals surface area (Å²) in [4.78, 5) is 0. The Morgan fingerprint density at radius 1 is 0.962 bits per heavy atom. The van der Waals surface area contributed by atoms with Crippen LogP contribution in [0.25, 0.3) is 11.1 Å². The fourth-order valence-electron chi connectivity index (χ4n) is 5.26. The molecule has 4 rings (SSSR count). The highest BCUT2D eigenvalue weighted by molar-refractivity contribution is 5.66. The molecular weight excluding hydrogens is 333 g/mol. The van der Waals surface area contributed by atoms with E-state index in [1.165, 1.54) is 37.8 Å². The SMILES string of the molecule is CCC[C@@H]1CC[C@@H]2c3ccc(-c4cc(F)cc(F)c4)c(F)c3CC[C@@H]2C1. The fraction of sp³-hybridized carbons (Fsp3) is 0.478. The summed E-state index contributed by atoms with van der Waals surface area (Å²) in [6.45, 7) is 2.24. The van der Waals surface area contributed by atoms with Crippen LogP contribution in [-0.4, -0.2) is 0 Å². The molecule has 0 amide bonds. The molecule has 0 unspecified atom stereocenters. The summed E-state index contributed by atoms with van der Waals surface area (Å²) in [5.74, 6) is 0.283. The van der Waals surface area contributed by atoms with E-state index in [1.807, 2.05) is 6.07 Å². The third-order valence-electron chi connectivity index (χ3n) is 6.41. The van der Waals surface area contributed by atoms with Gasteiger partial charge in [-0.05, 0) is 78.7 Å². The van der Waals surface area contributed by atoms with Gasteiger partial charge in [-0.25, -0.2) is 13.2 Å². The highest BCUT2D eigenvalue weighted by atomic mass is 19.1. The predicted octanol–water partition coefficient (Wildman–Crippen LogP) is 7.02. The molecule has 1 saturated carbocycles. The molecule has 1 fully saturated rings. The van der Waals surface area contributed by atoms with Crippen LogP contribution in [-0.2, 0) is 6.42 Å². The Labute approximate surface area is 153 Å². The summed E-state index contributed by atoms with van der Waals surface area (Å²) in [6, 6.07) is 6.94. The molecule has 0 aromatic heterocycles. The van der Waals surface area contributed by atoms with E-state index >= 15 is 4.39 Å². The van der Waals surface area contributed by atoms with Gasteiger partial charge in [0.25, 0.3) is 0 Å². The lowest BCUT2D eigenvalue weighted by molar-refractivity contribution is 0.200. The van der Waals surface area contributed by atoms with Gasteiger partial charge in [-0.2, -0.15) is 0 Å². The first-order chi connectivity index (χ1) is 12.6. The van der Waals surface area contributed by atoms with Crippen molar-refractivity contribution in [3.05, 3.63) is 58.9 Å². The lowest BCUT2D eigenvalue weighted by Crippen LogP contribution is -2.28. The van der Waals surface area contributed by atoms with Gasteiger partial charge in [-0.15, -0.1) is 0 Å². The van der Waals surface area contributed by atoms with Gasteiger partial charge in [0.05, 0.1) is 0 Å². The summed E-state index contributed by atoms with van der Waals surface area (Å²) in [5.41, 5.74) is 2.48. The molecule has 26 heavy (non-hydrogen) atoms. The Balaban J connectivity index is 1.67. The van der Waals surface area contributed by atoms with Crippen molar-refractivity contribution in [2.75, 3.05) is 0 Å². The zero-order valence-electron chi connectivity index (χ0n) is 15.2. The van der Waals surface area contributed by atoms with Crippen molar-refractivity contribution in [2.45, 2.75) is 57.8 Å². The first-order valence-electron chi connectivity index (χ1n) is 9.84. The van der Waals surface area contributed by atoms with Crippen molar-refractivity contribution in [2.24, 2.45) is 11.8 Å². The highest BCUT2D eigenvalue weighted by Crippen LogP contribution is 2.49. The van der Waals surface area contributed by atoms with Gasteiger partial charge >= 0.3 is 0 Å². The summed E-state index contributed by atoms with van der Waals surface area (Å²) < 4.78 is 42.3. The number of hydrogen-bond donors (Lipinski definition) is 0. The molecule has 0 heterocycles. The Morgan fingerprint density at radius 3 is 2.46 bits per heavy atom. The van der Waals surface area contributed by atoms with E-state index in [4.69, 9.17) is 0 Å². The zero-order valence-corrected chi connectivity index (χ0v) is 15.2. The van der Waals surface area contributed by atoms with Gasteiger partial charge in [0.1, 0.15) is 17.5 Å². The maximum atomic E-state index is 15.2. The van der Waals surface area contributed by atoms with E-state index in [0.29, 0.717) is 17.4 Å². The second-order valence-corrected chi connectivity index (χ2v) is 8.03. The molecule has 3 heteroatoms. The normalized spacial score (nSPS) is 24.8. The molecule has 2 aliphatic carbocycles. The molecule has 0 N–H and O–H groups in total. The number of hydrogen-bond acceptors (Lipinski definition) is 0. The molecule has 0 spiro atoms. The van der Waals surface area contributed by atoms with Crippen LogP contribution in [0.15, 0.2) is 30.3 Å². The number of benzene rings is 2. The first-order valence-corrected chi connectivity index (χ1v) is 9.84. The van der Waals surface area contributed by atoms with Crippen LogP contribution in [0.1, 0.15) is 62.5 Å². The minimum Gasteiger partial charge on any atom is -0.207 e. The summed E-state index contributed by atoms with van der Waals surface area (Å²) in [5, 5.41) is 0. The zero-order chi connectivity index (χ0) is 18.3. The van der Waals surface area contributed by atoms with Crippen LogP contribution < -0.4 is 0 Å². The molecule has 0 aliphatic heterocycles. The summed E-state index contributed by atoms with van der Waals surface area (Å²) in [6.07, 6.45) is 7.91. The lowest BCUT2D eigenvalue weighted by Gasteiger charge is -2.41. The molecule has 0 radical (unpaired) electrons. The Bertz CT molecular complexity index is 791. The standard InChI is InChI=1S/C23H25F3/c1-2-3-14-4-6-19-15(10-14)5-7-22-21(19)9-8-20(23(22)26)16-11-17(24)13-18(25)12-16/h8-9,11-15,19H,2-7,10H2,1H3/t14-,15-,19+/m1/s1.